The molecule has 1 aromatic carbocycles. The summed E-state index contributed by atoms with van der Waals surface area (Å²) in [7, 11) is 0. The van der Waals surface area contributed by atoms with E-state index in [1.54, 1.807) is 0 Å². The van der Waals surface area contributed by atoms with Crippen LogP contribution in [-0.2, 0) is 29.0 Å². The Balaban J connectivity index is 2.12. The highest BCUT2D eigenvalue weighted by atomic mass is 16.5. The van der Waals surface area contributed by atoms with Gasteiger partial charge < -0.3 is 14.6 Å². The van der Waals surface area contributed by atoms with Crippen molar-refractivity contribution in [2.45, 2.75) is 39.8 Å². The number of fused-ring (bicyclic) bond motifs is 3. The standard InChI is InChI=1S/C17H22N2O2/c1-3-21-17(20)11-19-15-5-4-8-18-10-14(15)13-9-12(2)6-7-16(13)19/h6-7,9,18H,3-5,8,10-11H2,1-2H3. The average Bonchev–Trinajstić information content (AvgIpc) is 2.64. The highest BCUT2D eigenvalue weighted by molar-refractivity contribution is 5.87. The fourth-order valence-corrected chi connectivity index (χ4v) is 3.18. The van der Waals surface area contributed by atoms with Gasteiger partial charge in [0.25, 0.3) is 0 Å². The predicted molar refractivity (Wildman–Crippen MR) is 83.3 cm³/mol. The van der Waals surface area contributed by atoms with Gasteiger partial charge in [-0.05, 0) is 50.9 Å². The quantitative estimate of drug-likeness (QED) is 0.882. The molecule has 1 N–H and O–H groups in total. The highest BCUT2D eigenvalue weighted by Gasteiger charge is 2.20. The first-order valence-electron chi connectivity index (χ1n) is 7.67. The number of ether oxygens (including phenoxy) is 1. The molecule has 0 aliphatic carbocycles. The van der Waals surface area contributed by atoms with E-state index < -0.39 is 0 Å². The maximum atomic E-state index is 11.9. The van der Waals surface area contributed by atoms with Crippen molar-refractivity contribution in [3.05, 3.63) is 35.0 Å². The number of rotatable bonds is 3. The van der Waals surface area contributed by atoms with Gasteiger partial charge in [0.1, 0.15) is 6.54 Å². The van der Waals surface area contributed by atoms with Crippen molar-refractivity contribution < 1.29 is 9.53 Å². The minimum Gasteiger partial charge on any atom is -0.465 e. The summed E-state index contributed by atoms with van der Waals surface area (Å²) in [4.78, 5) is 11.9. The minimum absolute atomic E-state index is 0.157. The van der Waals surface area contributed by atoms with Gasteiger partial charge in [0.2, 0.25) is 0 Å². The first kappa shape index (κ1) is 14.1. The molecule has 0 atom stereocenters. The van der Waals surface area contributed by atoms with E-state index in [2.05, 4.69) is 35.0 Å². The van der Waals surface area contributed by atoms with Crippen LogP contribution < -0.4 is 5.32 Å². The van der Waals surface area contributed by atoms with E-state index in [-0.39, 0.29) is 5.97 Å². The van der Waals surface area contributed by atoms with Crippen molar-refractivity contribution in [3.8, 4) is 0 Å². The average molecular weight is 286 g/mol. The lowest BCUT2D eigenvalue weighted by Crippen LogP contribution is -2.15. The van der Waals surface area contributed by atoms with E-state index in [4.69, 9.17) is 4.74 Å². The molecule has 112 valence electrons. The Bertz CT molecular complexity index is 673. The molecular formula is C17H22N2O2. The molecule has 2 aromatic rings. The number of esters is 1. The zero-order valence-corrected chi connectivity index (χ0v) is 12.7. The van der Waals surface area contributed by atoms with Gasteiger partial charge in [-0.1, -0.05) is 11.6 Å². The van der Waals surface area contributed by atoms with E-state index in [1.807, 2.05) is 6.92 Å². The zero-order chi connectivity index (χ0) is 14.8. The molecule has 4 nitrogen and oxygen atoms in total. The fourth-order valence-electron chi connectivity index (χ4n) is 3.18. The van der Waals surface area contributed by atoms with Gasteiger partial charge in [0.15, 0.2) is 0 Å². The third-order valence-corrected chi connectivity index (χ3v) is 4.10. The van der Waals surface area contributed by atoms with Gasteiger partial charge in [-0.3, -0.25) is 4.79 Å². The zero-order valence-electron chi connectivity index (χ0n) is 12.7. The van der Waals surface area contributed by atoms with Crippen LogP contribution in [0.2, 0.25) is 0 Å². The van der Waals surface area contributed by atoms with Crippen LogP contribution in [0.3, 0.4) is 0 Å². The van der Waals surface area contributed by atoms with Crippen LogP contribution in [0.25, 0.3) is 10.9 Å². The molecule has 0 unspecified atom stereocenters. The highest BCUT2D eigenvalue weighted by Crippen LogP contribution is 2.29. The van der Waals surface area contributed by atoms with Gasteiger partial charge in [-0.25, -0.2) is 0 Å². The number of carbonyl (C=O) groups excluding carboxylic acids is 1. The van der Waals surface area contributed by atoms with Crippen LogP contribution in [0.15, 0.2) is 18.2 Å². The number of nitrogens with zero attached hydrogens (tertiary/aromatic N) is 1. The second-order valence-electron chi connectivity index (χ2n) is 5.62. The lowest BCUT2D eigenvalue weighted by molar-refractivity contribution is -0.143. The molecule has 0 amide bonds. The summed E-state index contributed by atoms with van der Waals surface area (Å²) in [6, 6.07) is 6.46. The Hall–Kier alpha value is -1.81. The molecule has 0 spiro atoms. The van der Waals surface area contributed by atoms with Crippen molar-refractivity contribution in [2.75, 3.05) is 13.2 Å². The largest absolute Gasteiger partial charge is 0.465 e. The van der Waals surface area contributed by atoms with Crippen molar-refractivity contribution >= 4 is 16.9 Å². The van der Waals surface area contributed by atoms with Crippen LogP contribution in [0.1, 0.15) is 30.2 Å². The second-order valence-corrected chi connectivity index (χ2v) is 5.62. The Kier molecular flexibility index (Phi) is 3.97. The normalized spacial score (nSPS) is 14.8. The van der Waals surface area contributed by atoms with Crippen molar-refractivity contribution in [1.29, 1.82) is 0 Å². The number of nitrogens with one attached hydrogen (secondary N) is 1. The Morgan fingerprint density at radius 1 is 1.43 bits per heavy atom. The van der Waals surface area contributed by atoms with Gasteiger partial charge in [-0.15, -0.1) is 0 Å². The molecule has 0 saturated heterocycles. The fraction of sp³-hybridized carbons (Fsp3) is 0.471. The number of aromatic nitrogens is 1. The number of aryl methyl sites for hydroxylation is 1. The summed E-state index contributed by atoms with van der Waals surface area (Å²) in [5, 5.41) is 4.74. The lowest BCUT2D eigenvalue weighted by atomic mass is 10.1. The number of benzene rings is 1. The number of hydrogen-bond donors (Lipinski definition) is 1. The molecule has 1 aliphatic heterocycles. The molecule has 3 rings (SSSR count). The van der Waals surface area contributed by atoms with E-state index in [0.29, 0.717) is 13.2 Å². The molecule has 0 radical (unpaired) electrons. The molecule has 4 heteroatoms. The van der Waals surface area contributed by atoms with Crippen molar-refractivity contribution in [1.82, 2.24) is 9.88 Å². The molecule has 1 aliphatic rings. The molecule has 1 aromatic heterocycles. The molecule has 21 heavy (non-hydrogen) atoms. The summed E-state index contributed by atoms with van der Waals surface area (Å²) in [5.41, 5.74) is 5.02. The second kappa shape index (κ2) is 5.90. The summed E-state index contributed by atoms with van der Waals surface area (Å²) in [6.07, 6.45) is 2.11. The number of carbonyl (C=O) groups is 1. The number of hydrogen-bond acceptors (Lipinski definition) is 3. The predicted octanol–water partition coefficient (Wildman–Crippen LogP) is 2.55. The van der Waals surface area contributed by atoms with Crippen LogP contribution in [0.5, 0.6) is 0 Å². The SMILES string of the molecule is CCOC(=O)Cn1c2c(c3cc(C)ccc31)CNCCC2. The lowest BCUT2D eigenvalue weighted by Gasteiger charge is -2.10. The van der Waals surface area contributed by atoms with Crippen LogP contribution in [-0.4, -0.2) is 23.7 Å². The first-order chi connectivity index (χ1) is 10.2. The molecule has 0 bridgehead atoms. The van der Waals surface area contributed by atoms with Gasteiger partial charge in [-0.2, -0.15) is 0 Å². The van der Waals surface area contributed by atoms with E-state index >= 15 is 0 Å². The van der Waals surface area contributed by atoms with Crippen molar-refractivity contribution in [2.24, 2.45) is 0 Å². The Morgan fingerprint density at radius 2 is 2.29 bits per heavy atom. The third kappa shape index (κ3) is 2.68. The van der Waals surface area contributed by atoms with Gasteiger partial charge in [0.05, 0.1) is 6.61 Å². The Morgan fingerprint density at radius 3 is 3.10 bits per heavy atom. The summed E-state index contributed by atoms with van der Waals surface area (Å²) in [5.74, 6) is -0.157. The third-order valence-electron chi connectivity index (χ3n) is 4.10. The Labute approximate surface area is 125 Å². The van der Waals surface area contributed by atoms with Gasteiger partial charge in [0, 0.05) is 23.1 Å². The maximum Gasteiger partial charge on any atom is 0.325 e. The minimum atomic E-state index is -0.157. The molecular weight excluding hydrogens is 264 g/mol. The van der Waals surface area contributed by atoms with E-state index in [1.165, 1.54) is 22.2 Å². The maximum absolute atomic E-state index is 11.9. The summed E-state index contributed by atoms with van der Waals surface area (Å²) in [6.45, 7) is 6.61. The van der Waals surface area contributed by atoms with E-state index in [0.717, 1.165) is 31.4 Å². The topological polar surface area (TPSA) is 43.3 Å². The molecule has 0 saturated carbocycles. The monoisotopic (exact) mass is 286 g/mol. The van der Waals surface area contributed by atoms with Crippen LogP contribution >= 0.6 is 0 Å². The van der Waals surface area contributed by atoms with Gasteiger partial charge >= 0.3 is 5.97 Å². The first-order valence-corrected chi connectivity index (χ1v) is 7.67. The molecule has 2 heterocycles. The van der Waals surface area contributed by atoms with Crippen LogP contribution in [0, 0.1) is 6.92 Å². The van der Waals surface area contributed by atoms with Crippen molar-refractivity contribution in [3.63, 3.8) is 0 Å². The molecule has 0 fully saturated rings. The van der Waals surface area contributed by atoms with E-state index in [9.17, 15) is 4.79 Å². The summed E-state index contributed by atoms with van der Waals surface area (Å²) >= 11 is 0. The summed E-state index contributed by atoms with van der Waals surface area (Å²) < 4.78 is 7.28. The smallest absolute Gasteiger partial charge is 0.325 e. The van der Waals surface area contributed by atoms with Crippen LogP contribution in [0.4, 0.5) is 0 Å².